The molecule has 2 aromatic rings. The number of benzene rings is 1. The lowest BCUT2D eigenvalue weighted by Gasteiger charge is -2.37. The standard InChI is InChI=1S/C16H20ClN3O2/c1-11-10-22-15(9-21)8-20(11)7-13-6-18-19-16(13)12-3-2-4-14(17)5-12/h2-6,11,15,21H,7-10H2,1H3,(H,18,19). The first-order valence-corrected chi connectivity index (χ1v) is 7.80. The molecule has 22 heavy (non-hydrogen) atoms. The molecule has 1 fully saturated rings. The molecule has 0 saturated carbocycles. The highest BCUT2D eigenvalue weighted by Gasteiger charge is 2.26. The zero-order valence-corrected chi connectivity index (χ0v) is 13.3. The van der Waals surface area contributed by atoms with Gasteiger partial charge in [-0.05, 0) is 19.1 Å². The molecule has 1 aromatic carbocycles. The molecule has 2 unspecified atom stereocenters. The van der Waals surface area contributed by atoms with Crippen molar-refractivity contribution in [3.8, 4) is 11.3 Å². The second kappa shape index (κ2) is 6.79. The van der Waals surface area contributed by atoms with Gasteiger partial charge in [0.25, 0.3) is 0 Å². The van der Waals surface area contributed by atoms with E-state index in [9.17, 15) is 5.11 Å². The molecule has 1 aliphatic heterocycles. The Balaban J connectivity index is 1.80. The second-order valence-corrected chi connectivity index (χ2v) is 6.13. The van der Waals surface area contributed by atoms with Crippen molar-refractivity contribution >= 4 is 11.6 Å². The Hall–Kier alpha value is -1.40. The molecule has 2 atom stereocenters. The Labute approximate surface area is 134 Å². The molecule has 0 bridgehead atoms. The van der Waals surface area contributed by atoms with Gasteiger partial charge in [-0.2, -0.15) is 5.10 Å². The summed E-state index contributed by atoms with van der Waals surface area (Å²) < 4.78 is 5.59. The van der Waals surface area contributed by atoms with Gasteiger partial charge in [-0.3, -0.25) is 10.00 Å². The van der Waals surface area contributed by atoms with Gasteiger partial charge in [0.15, 0.2) is 0 Å². The van der Waals surface area contributed by atoms with Crippen LogP contribution in [0.15, 0.2) is 30.5 Å². The number of aromatic amines is 1. The normalized spacial score (nSPS) is 22.9. The molecule has 5 nitrogen and oxygen atoms in total. The first kappa shape index (κ1) is 15.5. The fourth-order valence-corrected chi connectivity index (χ4v) is 2.94. The summed E-state index contributed by atoms with van der Waals surface area (Å²) in [6.07, 6.45) is 1.74. The molecule has 118 valence electrons. The number of halogens is 1. The van der Waals surface area contributed by atoms with Gasteiger partial charge in [0.2, 0.25) is 0 Å². The summed E-state index contributed by atoms with van der Waals surface area (Å²) in [5.41, 5.74) is 3.13. The Morgan fingerprint density at radius 1 is 1.50 bits per heavy atom. The van der Waals surface area contributed by atoms with Crippen LogP contribution < -0.4 is 0 Å². The summed E-state index contributed by atoms with van der Waals surface area (Å²) in [5, 5.41) is 17.3. The number of morpholine rings is 1. The maximum atomic E-state index is 9.30. The molecule has 3 rings (SSSR count). The van der Waals surface area contributed by atoms with Gasteiger partial charge in [0.1, 0.15) is 0 Å². The molecule has 1 aromatic heterocycles. The SMILES string of the molecule is CC1COC(CO)CN1Cc1cn[nH]c1-c1cccc(Cl)c1. The van der Waals surface area contributed by atoms with Crippen LogP contribution in [0.5, 0.6) is 0 Å². The number of hydrogen-bond donors (Lipinski definition) is 2. The molecule has 0 radical (unpaired) electrons. The Morgan fingerprint density at radius 3 is 3.14 bits per heavy atom. The molecular formula is C16H20ClN3O2. The predicted octanol–water partition coefficient (Wildman–Crippen LogP) is 2.31. The zero-order valence-electron chi connectivity index (χ0n) is 12.5. The Morgan fingerprint density at radius 2 is 2.36 bits per heavy atom. The summed E-state index contributed by atoms with van der Waals surface area (Å²) in [6, 6.07) is 8.04. The molecule has 1 aliphatic rings. The lowest BCUT2D eigenvalue weighted by molar-refractivity contribution is -0.0805. The summed E-state index contributed by atoms with van der Waals surface area (Å²) >= 11 is 6.08. The van der Waals surface area contributed by atoms with Crippen LogP contribution in [-0.4, -0.2) is 52.1 Å². The topological polar surface area (TPSA) is 61.4 Å². The van der Waals surface area contributed by atoms with Crippen LogP contribution >= 0.6 is 11.6 Å². The van der Waals surface area contributed by atoms with Crippen molar-refractivity contribution in [2.75, 3.05) is 19.8 Å². The molecule has 0 spiro atoms. The van der Waals surface area contributed by atoms with Gasteiger partial charge in [0.05, 0.1) is 31.2 Å². The first-order valence-electron chi connectivity index (χ1n) is 7.42. The predicted molar refractivity (Wildman–Crippen MR) is 85.7 cm³/mol. The third-order valence-corrected chi connectivity index (χ3v) is 4.28. The van der Waals surface area contributed by atoms with Crippen molar-refractivity contribution in [2.45, 2.75) is 25.6 Å². The van der Waals surface area contributed by atoms with Gasteiger partial charge in [0, 0.05) is 35.3 Å². The number of nitrogens with one attached hydrogen (secondary N) is 1. The van der Waals surface area contributed by atoms with Crippen molar-refractivity contribution < 1.29 is 9.84 Å². The van der Waals surface area contributed by atoms with E-state index < -0.39 is 0 Å². The van der Waals surface area contributed by atoms with E-state index >= 15 is 0 Å². The molecule has 0 amide bonds. The number of H-pyrrole nitrogens is 1. The van der Waals surface area contributed by atoms with Crippen molar-refractivity contribution in [1.82, 2.24) is 15.1 Å². The van der Waals surface area contributed by atoms with Gasteiger partial charge < -0.3 is 9.84 Å². The van der Waals surface area contributed by atoms with Crippen molar-refractivity contribution in [2.24, 2.45) is 0 Å². The van der Waals surface area contributed by atoms with E-state index in [1.165, 1.54) is 0 Å². The number of hydrogen-bond acceptors (Lipinski definition) is 4. The minimum atomic E-state index is -0.113. The van der Waals surface area contributed by atoms with Crippen LogP contribution in [0.25, 0.3) is 11.3 Å². The summed E-state index contributed by atoms with van der Waals surface area (Å²) in [6.45, 7) is 4.30. The van der Waals surface area contributed by atoms with E-state index in [1.54, 1.807) is 0 Å². The number of aromatic nitrogens is 2. The lowest BCUT2D eigenvalue weighted by atomic mass is 10.1. The smallest absolute Gasteiger partial charge is 0.0933 e. The highest BCUT2D eigenvalue weighted by Crippen LogP contribution is 2.26. The second-order valence-electron chi connectivity index (χ2n) is 5.70. The third-order valence-electron chi connectivity index (χ3n) is 4.04. The fraction of sp³-hybridized carbons (Fsp3) is 0.438. The summed E-state index contributed by atoms with van der Waals surface area (Å²) in [7, 11) is 0. The van der Waals surface area contributed by atoms with Crippen LogP contribution in [0.1, 0.15) is 12.5 Å². The summed E-state index contributed by atoms with van der Waals surface area (Å²) in [4.78, 5) is 2.31. The number of rotatable bonds is 4. The van der Waals surface area contributed by atoms with E-state index in [0.717, 1.165) is 29.9 Å². The Kier molecular flexibility index (Phi) is 4.78. The largest absolute Gasteiger partial charge is 0.394 e. The maximum Gasteiger partial charge on any atom is 0.0933 e. The van der Waals surface area contributed by atoms with Gasteiger partial charge in [-0.25, -0.2) is 0 Å². The molecule has 1 saturated heterocycles. The number of nitrogens with zero attached hydrogens (tertiary/aromatic N) is 2. The van der Waals surface area contributed by atoms with Crippen LogP contribution in [0.3, 0.4) is 0 Å². The van der Waals surface area contributed by atoms with Gasteiger partial charge >= 0.3 is 0 Å². The van der Waals surface area contributed by atoms with Crippen LogP contribution in [0.4, 0.5) is 0 Å². The highest BCUT2D eigenvalue weighted by molar-refractivity contribution is 6.30. The van der Waals surface area contributed by atoms with Crippen molar-refractivity contribution in [1.29, 1.82) is 0 Å². The van der Waals surface area contributed by atoms with Crippen LogP contribution in [0, 0.1) is 0 Å². The van der Waals surface area contributed by atoms with Crippen molar-refractivity contribution in [3.63, 3.8) is 0 Å². The average molecular weight is 322 g/mol. The van der Waals surface area contributed by atoms with Gasteiger partial charge in [-0.1, -0.05) is 23.7 Å². The van der Waals surface area contributed by atoms with Crippen LogP contribution in [0.2, 0.25) is 5.02 Å². The molecule has 2 N–H and O–H groups in total. The molecule has 2 heterocycles. The molecular weight excluding hydrogens is 302 g/mol. The van der Waals surface area contributed by atoms with E-state index in [0.29, 0.717) is 17.7 Å². The number of ether oxygens (including phenoxy) is 1. The molecule has 6 heteroatoms. The quantitative estimate of drug-likeness (QED) is 0.907. The zero-order chi connectivity index (χ0) is 15.5. The van der Waals surface area contributed by atoms with Crippen LogP contribution in [-0.2, 0) is 11.3 Å². The maximum absolute atomic E-state index is 9.30. The highest BCUT2D eigenvalue weighted by atomic mass is 35.5. The lowest BCUT2D eigenvalue weighted by Crippen LogP contribution is -2.48. The number of aliphatic hydroxyl groups is 1. The van der Waals surface area contributed by atoms with E-state index in [2.05, 4.69) is 22.0 Å². The fourth-order valence-electron chi connectivity index (χ4n) is 2.75. The monoisotopic (exact) mass is 321 g/mol. The van der Waals surface area contributed by atoms with Gasteiger partial charge in [-0.15, -0.1) is 0 Å². The third kappa shape index (κ3) is 3.33. The summed E-state index contributed by atoms with van der Waals surface area (Å²) in [5.74, 6) is 0. The Bertz CT molecular complexity index is 631. The van der Waals surface area contributed by atoms with E-state index in [4.69, 9.17) is 16.3 Å². The van der Waals surface area contributed by atoms with E-state index in [-0.39, 0.29) is 12.7 Å². The average Bonchev–Trinajstić information content (AvgIpc) is 2.97. The first-order chi connectivity index (χ1) is 10.7. The minimum Gasteiger partial charge on any atom is -0.394 e. The van der Waals surface area contributed by atoms with E-state index in [1.807, 2.05) is 30.5 Å². The van der Waals surface area contributed by atoms with Crippen molar-refractivity contribution in [3.05, 3.63) is 41.0 Å². The minimum absolute atomic E-state index is 0.0513. The molecule has 0 aliphatic carbocycles. The number of aliphatic hydroxyl groups excluding tert-OH is 1.